The average Bonchev–Trinajstić information content (AvgIpc) is 3.53. The van der Waals surface area contributed by atoms with Crippen LogP contribution in [0.1, 0.15) is 32.1 Å². The van der Waals surface area contributed by atoms with Crippen molar-refractivity contribution in [3.05, 3.63) is 66.9 Å². The Labute approximate surface area is 211 Å². The molecule has 3 aromatic rings. The number of nitrogens with zero attached hydrogens (tertiary/aromatic N) is 2. The van der Waals surface area contributed by atoms with Crippen molar-refractivity contribution in [1.29, 1.82) is 0 Å². The monoisotopic (exact) mass is 484 g/mol. The Morgan fingerprint density at radius 1 is 0.778 bits per heavy atom. The van der Waals surface area contributed by atoms with Crippen LogP contribution in [-0.4, -0.2) is 53.4 Å². The quantitative estimate of drug-likeness (QED) is 0.538. The number of hydrogen-bond acceptors (Lipinski definition) is 6. The molecule has 7 heteroatoms. The van der Waals surface area contributed by atoms with Crippen LogP contribution in [0.3, 0.4) is 0 Å². The third-order valence-electron chi connectivity index (χ3n) is 7.61. The molecule has 3 aliphatic rings. The summed E-state index contributed by atoms with van der Waals surface area (Å²) in [6.45, 7) is 0.963. The molecule has 1 aromatic heterocycles. The third-order valence-corrected chi connectivity index (χ3v) is 7.61. The van der Waals surface area contributed by atoms with Crippen LogP contribution in [0.25, 0.3) is 22.4 Å². The number of hydrogen-bond donors (Lipinski definition) is 2. The second-order valence-electron chi connectivity index (χ2n) is 10.0. The van der Waals surface area contributed by atoms with E-state index in [4.69, 9.17) is 14.5 Å². The summed E-state index contributed by atoms with van der Waals surface area (Å²) >= 11 is 0. The molecule has 4 atom stereocenters. The van der Waals surface area contributed by atoms with Gasteiger partial charge in [-0.05, 0) is 30.0 Å². The normalized spacial score (nSPS) is 25.9. The molecule has 3 fully saturated rings. The summed E-state index contributed by atoms with van der Waals surface area (Å²) in [5.74, 6) is 0.830. The lowest BCUT2D eigenvalue weighted by Crippen LogP contribution is -2.47. The summed E-state index contributed by atoms with van der Waals surface area (Å²) in [5.41, 5.74) is 4.25. The van der Waals surface area contributed by atoms with Gasteiger partial charge in [-0.3, -0.25) is 4.79 Å². The molecular formula is C29H32N4O3. The molecule has 0 radical (unpaired) electrons. The molecule has 2 saturated heterocycles. The molecule has 2 aromatic carbocycles. The van der Waals surface area contributed by atoms with Gasteiger partial charge in [0.1, 0.15) is 12.2 Å². The number of aromatic nitrogens is 2. The fourth-order valence-corrected chi connectivity index (χ4v) is 5.63. The van der Waals surface area contributed by atoms with Crippen LogP contribution in [0.5, 0.6) is 0 Å². The van der Waals surface area contributed by atoms with E-state index in [1.807, 2.05) is 24.3 Å². The Hall–Kier alpha value is -3.29. The van der Waals surface area contributed by atoms with E-state index in [0.717, 1.165) is 36.9 Å². The number of benzene rings is 2. The summed E-state index contributed by atoms with van der Waals surface area (Å²) in [6, 6.07) is 20.5. The second kappa shape index (κ2) is 10.4. The predicted octanol–water partition coefficient (Wildman–Crippen LogP) is 4.45. The second-order valence-corrected chi connectivity index (χ2v) is 10.0. The van der Waals surface area contributed by atoms with Crippen molar-refractivity contribution in [3.8, 4) is 22.4 Å². The SMILES string of the molecule is O=C(NC1COC2C(Nc3nccc(-c4ccc(-c5ccccc5)cc4)n3)COC12)C1CCCCC1. The number of rotatable bonds is 6. The molecule has 1 saturated carbocycles. The highest BCUT2D eigenvalue weighted by atomic mass is 16.6. The van der Waals surface area contributed by atoms with Gasteiger partial charge in [0.15, 0.2) is 0 Å². The van der Waals surface area contributed by atoms with Gasteiger partial charge in [0.2, 0.25) is 11.9 Å². The zero-order valence-electron chi connectivity index (χ0n) is 20.3. The van der Waals surface area contributed by atoms with Crippen molar-refractivity contribution in [2.45, 2.75) is 56.4 Å². The van der Waals surface area contributed by atoms with Crippen LogP contribution >= 0.6 is 0 Å². The maximum Gasteiger partial charge on any atom is 0.223 e. The fraction of sp³-hybridized carbons (Fsp3) is 0.414. The molecular weight excluding hydrogens is 452 g/mol. The van der Waals surface area contributed by atoms with Crippen molar-refractivity contribution < 1.29 is 14.3 Å². The summed E-state index contributed by atoms with van der Waals surface area (Å²) in [5, 5.41) is 6.62. The van der Waals surface area contributed by atoms with Crippen LogP contribution < -0.4 is 10.6 Å². The predicted molar refractivity (Wildman–Crippen MR) is 138 cm³/mol. The minimum absolute atomic E-state index is 0.0673. The van der Waals surface area contributed by atoms with E-state index in [1.54, 1.807) is 6.20 Å². The summed E-state index contributed by atoms with van der Waals surface area (Å²) in [7, 11) is 0. The average molecular weight is 485 g/mol. The van der Waals surface area contributed by atoms with Crippen molar-refractivity contribution in [1.82, 2.24) is 15.3 Å². The first-order valence-corrected chi connectivity index (χ1v) is 13.0. The highest BCUT2D eigenvalue weighted by Crippen LogP contribution is 2.31. The van der Waals surface area contributed by atoms with Gasteiger partial charge < -0.3 is 20.1 Å². The summed E-state index contributed by atoms with van der Waals surface area (Å²) in [4.78, 5) is 21.9. The molecule has 2 aliphatic heterocycles. The van der Waals surface area contributed by atoms with Crippen LogP contribution in [-0.2, 0) is 14.3 Å². The lowest BCUT2D eigenvalue weighted by Gasteiger charge is -2.24. The number of nitrogens with one attached hydrogen (secondary N) is 2. The molecule has 4 unspecified atom stereocenters. The van der Waals surface area contributed by atoms with Crippen LogP contribution in [0.2, 0.25) is 0 Å². The Kier molecular flexibility index (Phi) is 6.66. The molecule has 1 amide bonds. The van der Waals surface area contributed by atoms with E-state index in [9.17, 15) is 4.79 Å². The van der Waals surface area contributed by atoms with Crippen molar-refractivity contribution in [2.24, 2.45) is 5.92 Å². The van der Waals surface area contributed by atoms with Crippen LogP contribution in [0.4, 0.5) is 5.95 Å². The highest BCUT2D eigenvalue weighted by molar-refractivity contribution is 5.79. The molecule has 0 spiro atoms. The molecule has 36 heavy (non-hydrogen) atoms. The zero-order chi connectivity index (χ0) is 24.3. The van der Waals surface area contributed by atoms with Gasteiger partial charge >= 0.3 is 0 Å². The number of ether oxygens (including phenoxy) is 2. The van der Waals surface area contributed by atoms with Crippen LogP contribution in [0, 0.1) is 5.92 Å². The largest absolute Gasteiger partial charge is 0.371 e. The van der Waals surface area contributed by atoms with Crippen LogP contribution in [0.15, 0.2) is 66.9 Å². The summed E-state index contributed by atoms with van der Waals surface area (Å²) in [6.07, 6.45) is 6.98. The van der Waals surface area contributed by atoms with E-state index in [1.165, 1.54) is 17.5 Å². The number of anilines is 1. The lowest BCUT2D eigenvalue weighted by molar-refractivity contribution is -0.127. The first-order chi connectivity index (χ1) is 17.7. The van der Waals surface area contributed by atoms with Gasteiger partial charge in [0.05, 0.1) is 31.0 Å². The van der Waals surface area contributed by atoms with E-state index < -0.39 is 0 Å². The van der Waals surface area contributed by atoms with Gasteiger partial charge in [0.25, 0.3) is 0 Å². The van der Waals surface area contributed by atoms with Gasteiger partial charge in [-0.15, -0.1) is 0 Å². The lowest BCUT2D eigenvalue weighted by atomic mass is 9.88. The Bertz CT molecular complexity index is 1180. The minimum Gasteiger partial charge on any atom is -0.371 e. The number of fused-ring (bicyclic) bond motifs is 1. The first-order valence-electron chi connectivity index (χ1n) is 13.0. The standard InChI is InChI=1S/C29H32N4O3/c34-28(22-9-5-2-6-10-22)31-24-17-35-27-25(18-36-26(24)27)33-29-30-16-15-23(32-29)21-13-11-20(12-14-21)19-7-3-1-4-8-19/h1,3-4,7-8,11-16,22,24-27H,2,5-6,9-10,17-18H2,(H,31,34)(H,30,32,33). The zero-order valence-corrected chi connectivity index (χ0v) is 20.3. The summed E-state index contributed by atoms with van der Waals surface area (Å²) < 4.78 is 12.1. The Morgan fingerprint density at radius 2 is 1.44 bits per heavy atom. The Morgan fingerprint density at radius 3 is 2.22 bits per heavy atom. The number of carbonyl (C=O) groups is 1. The molecule has 6 rings (SSSR count). The topological polar surface area (TPSA) is 85.4 Å². The molecule has 0 bridgehead atoms. The van der Waals surface area contributed by atoms with E-state index in [0.29, 0.717) is 19.2 Å². The maximum absolute atomic E-state index is 12.7. The maximum atomic E-state index is 12.7. The van der Waals surface area contributed by atoms with Gasteiger partial charge in [-0.25, -0.2) is 9.97 Å². The van der Waals surface area contributed by atoms with E-state index in [2.05, 4.69) is 52.0 Å². The van der Waals surface area contributed by atoms with E-state index >= 15 is 0 Å². The van der Waals surface area contributed by atoms with Crippen molar-refractivity contribution in [3.63, 3.8) is 0 Å². The van der Waals surface area contributed by atoms with Gasteiger partial charge in [-0.2, -0.15) is 0 Å². The smallest absolute Gasteiger partial charge is 0.223 e. The Balaban J connectivity index is 1.09. The fourth-order valence-electron chi connectivity index (χ4n) is 5.63. The molecule has 7 nitrogen and oxygen atoms in total. The van der Waals surface area contributed by atoms with Crippen molar-refractivity contribution >= 4 is 11.9 Å². The number of amides is 1. The molecule has 2 N–H and O–H groups in total. The van der Waals surface area contributed by atoms with Gasteiger partial charge in [-0.1, -0.05) is 73.9 Å². The highest BCUT2D eigenvalue weighted by Gasteiger charge is 2.48. The van der Waals surface area contributed by atoms with E-state index in [-0.39, 0.29) is 36.1 Å². The molecule has 186 valence electrons. The first kappa shape index (κ1) is 23.1. The number of carbonyl (C=O) groups excluding carboxylic acids is 1. The third kappa shape index (κ3) is 4.86. The van der Waals surface area contributed by atoms with Gasteiger partial charge in [0, 0.05) is 17.7 Å². The minimum atomic E-state index is -0.149. The van der Waals surface area contributed by atoms with Crippen molar-refractivity contribution in [2.75, 3.05) is 18.5 Å². The molecule has 1 aliphatic carbocycles. The molecule has 3 heterocycles.